The molecule has 1 aromatic rings. The zero-order chi connectivity index (χ0) is 18.5. The minimum Gasteiger partial charge on any atom is -0.339 e. The van der Waals surface area contributed by atoms with Crippen LogP contribution < -0.4 is 10.2 Å². The topological polar surface area (TPSA) is 64.6 Å². The number of nitrogens with zero attached hydrogens (tertiary/aromatic N) is 5. The third kappa shape index (κ3) is 3.02. The van der Waals surface area contributed by atoms with E-state index < -0.39 is 0 Å². The lowest BCUT2D eigenvalue weighted by Crippen LogP contribution is -2.71. The van der Waals surface area contributed by atoms with Crippen molar-refractivity contribution in [2.24, 2.45) is 5.92 Å². The summed E-state index contributed by atoms with van der Waals surface area (Å²) >= 11 is 0. The monoisotopic (exact) mass is 358 g/mol. The number of nitrogens with one attached hydrogen (secondary N) is 1. The van der Waals surface area contributed by atoms with Gasteiger partial charge in [-0.2, -0.15) is 0 Å². The van der Waals surface area contributed by atoms with Crippen molar-refractivity contribution in [1.29, 1.82) is 0 Å². The smallest absolute Gasteiger partial charge is 0.317 e. The number of hydrogen-bond donors (Lipinski definition) is 1. The average molecular weight is 358 g/mol. The van der Waals surface area contributed by atoms with Crippen LogP contribution in [0, 0.1) is 12.8 Å². The van der Waals surface area contributed by atoms with Crippen LogP contribution in [0.1, 0.15) is 31.7 Å². The van der Waals surface area contributed by atoms with E-state index in [1.54, 1.807) is 0 Å². The van der Waals surface area contributed by atoms with Gasteiger partial charge in [-0.05, 0) is 31.7 Å². The molecule has 1 spiro atoms. The van der Waals surface area contributed by atoms with E-state index in [0.717, 1.165) is 62.9 Å². The fourth-order valence-electron chi connectivity index (χ4n) is 4.49. The molecule has 4 rings (SSSR count). The highest BCUT2D eigenvalue weighted by Gasteiger charge is 2.54. The highest BCUT2D eigenvalue weighted by molar-refractivity contribution is 5.78. The van der Waals surface area contributed by atoms with Crippen LogP contribution in [0.4, 0.5) is 10.7 Å². The molecule has 0 radical (unpaired) electrons. The lowest BCUT2D eigenvalue weighted by molar-refractivity contribution is -0.0191. The van der Waals surface area contributed by atoms with Crippen molar-refractivity contribution in [3.63, 3.8) is 0 Å². The van der Waals surface area contributed by atoms with Gasteiger partial charge in [0.05, 0.1) is 5.54 Å². The maximum atomic E-state index is 11.8. The van der Waals surface area contributed by atoms with Crippen LogP contribution in [-0.2, 0) is 6.42 Å². The molecule has 1 atom stereocenters. The van der Waals surface area contributed by atoms with Gasteiger partial charge in [-0.15, -0.1) is 0 Å². The van der Waals surface area contributed by atoms with Gasteiger partial charge in [-0.1, -0.05) is 13.8 Å². The Hall–Kier alpha value is -1.89. The normalized spacial score (nSPS) is 25.3. The van der Waals surface area contributed by atoms with Crippen molar-refractivity contribution >= 4 is 12.0 Å². The number of rotatable bonds is 4. The summed E-state index contributed by atoms with van der Waals surface area (Å²) in [5.41, 5.74) is 2.20. The molecule has 0 aliphatic carbocycles. The first-order valence-corrected chi connectivity index (χ1v) is 9.71. The first-order chi connectivity index (χ1) is 12.4. The summed E-state index contributed by atoms with van der Waals surface area (Å²) in [6.07, 6.45) is 2.13. The Labute approximate surface area is 155 Å². The van der Waals surface area contributed by atoms with Crippen molar-refractivity contribution in [3.8, 4) is 0 Å². The third-order valence-corrected chi connectivity index (χ3v) is 6.06. The average Bonchev–Trinajstić information content (AvgIpc) is 3.11. The summed E-state index contributed by atoms with van der Waals surface area (Å²) in [4.78, 5) is 28.0. The SMILES string of the molecule is Cc1cc(CC(C)C)nc(N2CCC(N3CC4(CNC(=O)N4C)C3)C2)n1. The predicted octanol–water partition coefficient (Wildman–Crippen LogP) is 1.27. The van der Waals surface area contributed by atoms with Gasteiger partial charge in [-0.3, -0.25) is 4.90 Å². The molecule has 2 amide bonds. The van der Waals surface area contributed by atoms with Gasteiger partial charge in [0.1, 0.15) is 0 Å². The molecule has 3 saturated heterocycles. The zero-order valence-electron chi connectivity index (χ0n) is 16.3. The van der Waals surface area contributed by atoms with Crippen LogP contribution in [0.3, 0.4) is 0 Å². The second-order valence-electron chi connectivity index (χ2n) is 8.63. The maximum Gasteiger partial charge on any atom is 0.317 e. The Kier molecular flexibility index (Phi) is 4.29. The maximum absolute atomic E-state index is 11.8. The summed E-state index contributed by atoms with van der Waals surface area (Å²) in [5, 5.41) is 2.97. The molecule has 142 valence electrons. The molecule has 26 heavy (non-hydrogen) atoms. The second-order valence-corrected chi connectivity index (χ2v) is 8.63. The molecular formula is C19H30N6O. The van der Waals surface area contributed by atoms with E-state index >= 15 is 0 Å². The molecule has 0 saturated carbocycles. The fraction of sp³-hybridized carbons (Fsp3) is 0.737. The Morgan fingerprint density at radius 2 is 2.12 bits per heavy atom. The van der Waals surface area contributed by atoms with Gasteiger partial charge in [0.15, 0.2) is 0 Å². The second kappa shape index (κ2) is 6.37. The van der Waals surface area contributed by atoms with E-state index in [2.05, 4.69) is 46.9 Å². The number of aryl methyl sites for hydroxylation is 1. The standard InChI is InChI=1S/C19H30N6O/c1-13(2)7-15-8-14(3)21-17(22-15)24-6-5-16(9-24)25-11-19(12-25)10-20-18(26)23(19)4/h8,13,16H,5-7,9-12H2,1-4H3,(H,20,26). The van der Waals surface area contributed by atoms with Crippen LogP contribution >= 0.6 is 0 Å². The van der Waals surface area contributed by atoms with Crippen LogP contribution in [0.25, 0.3) is 0 Å². The van der Waals surface area contributed by atoms with Gasteiger partial charge < -0.3 is 15.1 Å². The summed E-state index contributed by atoms with van der Waals surface area (Å²) in [5.74, 6) is 1.48. The van der Waals surface area contributed by atoms with Crippen molar-refractivity contribution in [2.45, 2.75) is 45.2 Å². The number of hydrogen-bond acceptors (Lipinski definition) is 5. The van der Waals surface area contributed by atoms with Gasteiger partial charge in [0.2, 0.25) is 5.95 Å². The molecule has 3 fully saturated rings. The number of aromatic nitrogens is 2. The Morgan fingerprint density at radius 3 is 2.77 bits per heavy atom. The Bertz CT molecular complexity index is 699. The largest absolute Gasteiger partial charge is 0.339 e. The molecule has 1 N–H and O–H groups in total. The van der Waals surface area contributed by atoms with Crippen molar-refractivity contribution in [2.75, 3.05) is 44.7 Å². The highest BCUT2D eigenvalue weighted by atomic mass is 16.2. The lowest BCUT2D eigenvalue weighted by Gasteiger charge is -2.52. The minimum atomic E-state index is 0.00870. The first-order valence-electron chi connectivity index (χ1n) is 9.71. The molecule has 1 unspecified atom stereocenters. The number of amides is 2. The number of anilines is 1. The van der Waals surface area contributed by atoms with Crippen molar-refractivity contribution in [1.82, 2.24) is 25.1 Å². The molecule has 1 aromatic heterocycles. The predicted molar refractivity (Wildman–Crippen MR) is 101 cm³/mol. The zero-order valence-corrected chi connectivity index (χ0v) is 16.3. The summed E-state index contributed by atoms with van der Waals surface area (Å²) in [6, 6.07) is 2.70. The summed E-state index contributed by atoms with van der Waals surface area (Å²) in [7, 11) is 1.91. The lowest BCUT2D eigenvalue weighted by atomic mass is 9.87. The van der Waals surface area contributed by atoms with Gasteiger partial charge >= 0.3 is 6.03 Å². The van der Waals surface area contributed by atoms with Crippen molar-refractivity contribution < 1.29 is 4.79 Å². The van der Waals surface area contributed by atoms with Crippen LogP contribution in [0.5, 0.6) is 0 Å². The molecule has 4 heterocycles. The van der Waals surface area contributed by atoms with Gasteiger partial charge in [0, 0.05) is 57.2 Å². The van der Waals surface area contributed by atoms with Gasteiger partial charge in [-0.25, -0.2) is 14.8 Å². The number of likely N-dealkylation sites (tertiary alicyclic amines) is 1. The Balaban J connectivity index is 1.39. The van der Waals surface area contributed by atoms with Gasteiger partial charge in [0.25, 0.3) is 0 Å². The van der Waals surface area contributed by atoms with Crippen LogP contribution in [0.2, 0.25) is 0 Å². The molecule has 7 nitrogen and oxygen atoms in total. The summed E-state index contributed by atoms with van der Waals surface area (Å²) in [6.45, 7) is 11.2. The molecular weight excluding hydrogens is 328 g/mol. The molecule has 0 bridgehead atoms. The first kappa shape index (κ1) is 17.5. The Morgan fingerprint density at radius 1 is 1.35 bits per heavy atom. The van der Waals surface area contributed by atoms with Crippen LogP contribution in [0.15, 0.2) is 6.07 Å². The molecule has 7 heteroatoms. The van der Waals surface area contributed by atoms with Crippen LogP contribution in [-0.4, -0.2) is 77.2 Å². The number of carbonyl (C=O) groups excluding carboxylic acids is 1. The molecule has 3 aliphatic heterocycles. The van der Waals surface area contributed by atoms with E-state index in [9.17, 15) is 4.79 Å². The summed E-state index contributed by atoms with van der Waals surface area (Å²) < 4.78 is 0. The third-order valence-electron chi connectivity index (χ3n) is 6.06. The molecule has 0 aromatic carbocycles. The van der Waals surface area contributed by atoms with Crippen molar-refractivity contribution in [3.05, 3.63) is 17.5 Å². The van der Waals surface area contributed by atoms with E-state index in [-0.39, 0.29) is 11.6 Å². The van der Waals surface area contributed by atoms with E-state index in [1.807, 2.05) is 11.9 Å². The fourth-order valence-corrected chi connectivity index (χ4v) is 4.49. The minimum absolute atomic E-state index is 0.00870. The number of carbonyl (C=O) groups is 1. The van der Waals surface area contributed by atoms with E-state index in [0.29, 0.717) is 12.0 Å². The number of urea groups is 1. The van der Waals surface area contributed by atoms with E-state index in [1.165, 1.54) is 0 Å². The quantitative estimate of drug-likeness (QED) is 0.878. The number of likely N-dealkylation sites (N-methyl/N-ethyl adjacent to an activating group) is 1. The molecule has 3 aliphatic rings. The van der Waals surface area contributed by atoms with E-state index in [4.69, 9.17) is 4.98 Å². The highest BCUT2D eigenvalue weighted by Crippen LogP contribution is 2.34.